The number of anilines is 2. The van der Waals surface area contributed by atoms with Crippen molar-refractivity contribution in [3.05, 3.63) is 42.2 Å². The van der Waals surface area contributed by atoms with Crippen LogP contribution in [0.1, 0.15) is 40.2 Å². The molecule has 108 valence electrons. The van der Waals surface area contributed by atoms with Crippen LogP contribution in [0.25, 0.3) is 0 Å². The summed E-state index contributed by atoms with van der Waals surface area (Å²) in [7, 11) is 0. The Labute approximate surface area is 122 Å². The van der Waals surface area contributed by atoms with Gasteiger partial charge in [-0.2, -0.15) is 0 Å². The van der Waals surface area contributed by atoms with Gasteiger partial charge in [-0.25, -0.2) is 4.98 Å². The molecular weight excluding hydrogens is 246 g/mol. The normalized spacial score (nSPS) is 11.9. The molecule has 3 nitrogen and oxygen atoms in total. The molecule has 0 saturated heterocycles. The van der Waals surface area contributed by atoms with Gasteiger partial charge in [0.25, 0.3) is 0 Å². The van der Waals surface area contributed by atoms with Crippen LogP contribution in [0.4, 0.5) is 11.6 Å². The van der Waals surface area contributed by atoms with E-state index in [2.05, 4.69) is 73.8 Å². The van der Waals surface area contributed by atoms with E-state index in [0.29, 0.717) is 5.92 Å². The summed E-state index contributed by atoms with van der Waals surface area (Å²) in [5, 5.41) is 3.48. The quantitative estimate of drug-likeness (QED) is 0.882. The van der Waals surface area contributed by atoms with Gasteiger partial charge in [-0.3, -0.25) is 0 Å². The van der Waals surface area contributed by atoms with E-state index in [0.717, 1.165) is 18.2 Å². The molecule has 0 fully saturated rings. The van der Waals surface area contributed by atoms with Crippen LogP contribution in [0.3, 0.4) is 0 Å². The Morgan fingerprint density at radius 3 is 2.55 bits per heavy atom. The molecule has 0 unspecified atom stereocenters. The number of aromatic nitrogens is 2. The van der Waals surface area contributed by atoms with E-state index in [9.17, 15) is 0 Å². The average Bonchev–Trinajstić information content (AvgIpc) is 2.75. The van der Waals surface area contributed by atoms with Crippen LogP contribution in [-0.4, -0.2) is 9.55 Å². The van der Waals surface area contributed by atoms with E-state index in [1.165, 1.54) is 5.56 Å². The van der Waals surface area contributed by atoms with E-state index >= 15 is 0 Å². The molecule has 2 rings (SSSR count). The van der Waals surface area contributed by atoms with Gasteiger partial charge in [0.05, 0.1) is 0 Å². The van der Waals surface area contributed by atoms with Crippen molar-refractivity contribution in [3.8, 4) is 0 Å². The van der Waals surface area contributed by atoms with Crippen LogP contribution < -0.4 is 5.32 Å². The summed E-state index contributed by atoms with van der Waals surface area (Å²) >= 11 is 0. The second-order valence-electron chi connectivity index (χ2n) is 6.72. The van der Waals surface area contributed by atoms with Crippen molar-refractivity contribution in [1.82, 2.24) is 9.55 Å². The molecule has 3 heteroatoms. The zero-order valence-corrected chi connectivity index (χ0v) is 13.1. The lowest BCUT2D eigenvalue weighted by Crippen LogP contribution is -2.15. The Bertz CT molecular complexity index is 562. The smallest absolute Gasteiger partial charge is 0.207 e. The number of benzene rings is 1. The molecule has 20 heavy (non-hydrogen) atoms. The molecule has 2 aromatic rings. The summed E-state index contributed by atoms with van der Waals surface area (Å²) in [5.41, 5.74) is 2.55. The van der Waals surface area contributed by atoms with Gasteiger partial charge < -0.3 is 9.88 Å². The Hall–Kier alpha value is -1.77. The fraction of sp³-hybridized carbons (Fsp3) is 0.471. The van der Waals surface area contributed by atoms with Gasteiger partial charge in [-0.15, -0.1) is 0 Å². The van der Waals surface area contributed by atoms with E-state index in [-0.39, 0.29) is 5.41 Å². The van der Waals surface area contributed by atoms with Crippen LogP contribution >= 0.6 is 0 Å². The van der Waals surface area contributed by atoms with Crippen molar-refractivity contribution in [2.75, 3.05) is 5.32 Å². The fourth-order valence-corrected chi connectivity index (χ4v) is 2.34. The predicted molar refractivity (Wildman–Crippen MR) is 85.5 cm³/mol. The Morgan fingerprint density at radius 1 is 1.20 bits per heavy atom. The first-order valence-corrected chi connectivity index (χ1v) is 7.25. The maximum atomic E-state index is 4.44. The largest absolute Gasteiger partial charge is 0.325 e. The number of nitrogens with zero attached hydrogens (tertiary/aromatic N) is 2. The summed E-state index contributed by atoms with van der Waals surface area (Å²) in [5.74, 6) is 1.51. The second kappa shape index (κ2) is 5.70. The minimum atomic E-state index is 0.110. The topological polar surface area (TPSA) is 29.9 Å². The molecule has 0 aliphatic rings. The summed E-state index contributed by atoms with van der Waals surface area (Å²) in [6.45, 7) is 12.1. The number of hydrogen-bond donors (Lipinski definition) is 1. The zero-order valence-electron chi connectivity index (χ0n) is 13.1. The van der Waals surface area contributed by atoms with E-state index in [1.807, 2.05) is 12.4 Å². The highest BCUT2D eigenvalue weighted by Gasteiger charge is 2.18. The zero-order chi connectivity index (χ0) is 14.8. The molecule has 0 aliphatic heterocycles. The van der Waals surface area contributed by atoms with Crippen LogP contribution in [0.15, 0.2) is 36.7 Å². The summed E-state index contributed by atoms with van der Waals surface area (Å²) < 4.78 is 2.17. The first-order valence-electron chi connectivity index (χ1n) is 7.25. The molecule has 0 saturated carbocycles. The van der Waals surface area contributed by atoms with Gasteiger partial charge in [-0.1, -0.05) is 52.8 Å². The average molecular weight is 271 g/mol. The number of para-hydroxylation sites is 1. The van der Waals surface area contributed by atoms with E-state index in [4.69, 9.17) is 0 Å². The van der Waals surface area contributed by atoms with Gasteiger partial charge in [-0.05, 0) is 23.0 Å². The molecule has 0 atom stereocenters. The molecule has 1 aromatic heterocycles. The molecule has 0 bridgehead atoms. The lowest BCUT2D eigenvalue weighted by molar-refractivity contribution is 0.527. The van der Waals surface area contributed by atoms with Gasteiger partial charge in [0.15, 0.2) is 0 Å². The van der Waals surface area contributed by atoms with Gasteiger partial charge in [0.1, 0.15) is 0 Å². The van der Waals surface area contributed by atoms with Crippen LogP contribution in [0.5, 0.6) is 0 Å². The summed E-state index contributed by atoms with van der Waals surface area (Å²) in [6.07, 6.45) is 3.88. The van der Waals surface area contributed by atoms with Gasteiger partial charge in [0.2, 0.25) is 5.95 Å². The Balaban J connectivity index is 2.29. The van der Waals surface area contributed by atoms with Crippen molar-refractivity contribution in [3.63, 3.8) is 0 Å². The van der Waals surface area contributed by atoms with Crippen molar-refractivity contribution < 1.29 is 0 Å². The minimum Gasteiger partial charge on any atom is -0.325 e. The monoisotopic (exact) mass is 271 g/mol. The lowest BCUT2D eigenvalue weighted by atomic mass is 9.86. The highest BCUT2D eigenvalue weighted by atomic mass is 15.2. The standard InChI is InChI=1S/C17H25N3/c1-13(2)12-20-11-10-18-16(20)19-15-9-7-6-8-14(15)17(3,4)5/h6-11,13H,12H2,1-5H3,(H,18,19). The molecule has 0 aliphatic carbocycles. The maximum Gasteiger partial charge on any atom is 0.207 e. The highest BCUT2D eigenvalue weighted by molar-refractivity contribution is 5.60. The lowest BCUT2D eigenvalue weighted by Gasteiger charge is -2.23. The van der Waals surface area contributed by atoms with E-state index < -0.39 is 0 Å². The molecule has 0 spiro atoms. The first-order chi connectivity index (χ1) is 9.38. The highest BCUT2D eigenvalue weighted by Crippen LogP contribution is 2.30. The third-order valence-corrected chi connectivity index (χ3v) is 3.26. The predicted octanol–water partition coefficient (Wildman–Crippen LogP) is 4.58. The number of rotatable bonds is 4. The van der Waals surface area contributed by atoms with Crippen molar-refractivity contribution in [2.24, 2.45) is 5.92 Å². The Kier molecular flexibility index (Phi) is 4.17. The van der Waals surface area contributed by atoms with Crippen LogP contribution in [0, 0.1) is 5.92 Å². The molecule has 0 radical (unpaired) electrons. The van der Waals surface area contributed by atoms with Crippen molar-refractivity contribution >= 4 is 11.6 Å². The molecule has 1 heterocycles. The van der Waals surface area contributed by atoms with Crippen LogP contribution in [0.2, 0.25) is 0 Å². The van der Waals surface area contributed by atoms with Gasteiger partial charge in [0, 0.05) is 24.6 Å². The van der Waals surface area contributed by atoms with Crippen molar-refractivity contribution in [1.29, 1.82) is 0 Å². The molecule has 1 N–H and O–H groups in total. The third-order valence-electron chi connectivity index (χ3n) is 3.26. The fourth-order valence-electron chi connectivity index (χ4n) is 2.34. The second-order valence-corrected chi connectivity index (χ2v) is 6.72. The van der Waals surface area contributed by atoms with Gasteiger partial charge >= 0.3 is 0 Å². The van der Waals surface area contributed by atoms with Crippen molar-refractivity contribution in [2.45, 2.75) is 46.6 Å². The summed E-state index contributed by atoms with van der Waals surface area (Å²) in [6, 6.07) is 8.45. The number of imidazole rings is 1. The maximum absolute atomic E-state index is 4.44. The molecule has 0 amide bonds. The SMILES string of the molecule is CC(C)Cn1ccnc1Nc1ccccc1C(C)(C)C. The minimum absolute atomic E-state index is 0.110. The Morgan fingerprint density at radius 2 is 1.90 bits per heavy atom. The number of hydrogen-bond acceptors (Lipinski definition) is 2. The molecular formula is C17H25N3. The molecule has 1 aromatic carbocycles. The van der Waals surface area contributed by atoms with E-state index in [1.54, 1.807) is 0 Å². The number of nitrogens with one attached hydrogen (secondary N) is 1. The van der Waals surface area contributed by atoms with Crippen LogP contribution in [-0.2, 0) is 12.0 Å². The first kappa shape index (κ1) is 14.6. The summed E-state index contributed by atoms with van der Waals surface area (Å²) in [4.78, 5) is 4.44. The third kappa shape index (κ3) is 3.41.